The number of hydrogen-bond acceptors (Lipinski definition) is 7. The van der Waals surface area contributed by atoms with Crippen LogP contribution < -0.4 is 19.5 Å². The van der Waals surface area contributed by atoms with E-state index in [-0.39, 0.29) is 12.4 Å². The predicted octanol–water partition coefficient (Wildman–Crippen LogP) is 12.7. The summed E-state index contributed by atoms with van der Waals surface area (Å²) >= 11 is 1.61. The third kappa shape index (κ3) is 17.5. The largest absolute Gasteiger partial charge is 0.494 e. The Bertz CT molecular complexity index is 1430. The standard InChI is InChI=1S/C44H63NO5S/c1-7-10-13-16-29-47-38-24-19-35(20-25-38)42(34-45-37-22-27-39(28-23-37)48-30-17-14-11-8-2)51-41-33-40(49-31-18-15-12-9-3)26-21-36(41)32-43(46)50-44(4,5)6/h19-28,33-34,45H,7-18,29-32H2,1-6H3/b42-34-. The molecule has 0 unspecified atom stereocenters. The maximum absolute atomic E-state index is 13.0. The van der Waals surface area contributed by atoms with Crippen molar-refractivity contribution < 1.29 is 23.7 Å². The van der Waals surface area contributed by atoms with Crippen molar-refractivity contribution in [1.29, 1.82) is 0 Å². The van der Waals surface area contributed by atoms with Crippen LogP contribution in [0.15, 0.2) is 77.8 Å². The summed E-state index contributed by atoms with van der Waals surface area (Å²) in [6, 6.07) is 22.4. The summed E-state index contributed by atoms with van der Waals surface area (Å²) in [5.41, 5.74) is 2.32. The summed E-state index contributed by atoms with van der Waals surface area (Å²) in [4.78, 5) is 15.0. The number of carbonyl (C=O) groups excluding carboxylic acids is 1. The molecule has 0 fully saturated rings. The molecule has 1 N–H and O–H groups in total. The Labute approximate surface area is 313 Å². The highest BCUT2D eigenvalue weighted by Gasteiger charge is 2.19. The average Bonchev–Trinajstić information content (AvgIpc) is 3.11. The molecule has 280 valence electrons. The summed E-state index contributed by atoms with van der Waals surface area (Å²) in [5.74, 6) is 2.28. The molecule has 0 spiro atoms. The molecule has 0 saturated heterocycles. The molecule has 0 aromatic heterocycles. The number of benzene rings is 3. The zero-order valence-corrected chi connectivity index (χ0v) is 33.0. The van der Waals surface area contributed by atoms with Crippen LogP contribution in [0.5, 0.6) is 17.2 Å². The van der Waals surface area contributed by atoms with Crippen molar-refractivity contribution >= 4 is 28.3 Å². The summed E-state index contributed by atoms with van der Waals surface area (Å²) in [7, 11) is 0. The van der Waals surface area contributed by atoms with Crippen molar-refractivity contribution in [3.8, 4) is 17.2 Å². The molecule has 0 atom stereocenters. The fourth-order valence-corrected chi connectivity index (χ4v) is 6.41. The van der Waals surface area contributed by atoms with Crippen molar-refractivity contribution in [2.45, 2.75) is 136 Å². The average molecular weight is 718 g/mol. The van der Waals surface area contributed by atoms with Gasteiger partial charge in [-0.25, -0.2) is 0 Å². The molecule has 0 aliphatic heterocycles. The lowest BCUT2D eigenvalue weighted by Gasteiger charge is -2.20. The fraction of sp³-hybridized carbons (Fsp3) is 0.523. The summed E-state index contributed by atoms with van der Waals surface area (Å²) in [6.07, 6.45) is 16.2. The molecule has 0 saturated carbocycles. The minimum Gasteiger partial charge on any atom is -0.494 e. The third-order valence-corrected chi connectivity index (χ3v) is 9.35. The van der Waals surface area contributed by atoms with E-state index in [4.69, 9.17) is 18.9 Å². The van der Waals surface area contributed by atoms with Gasteiger partial charge in [0.05, 0.1) is 26.2 Å². The summed E-state index contributed by atoms with van der Waals surface area (Å²) < 4.78 is 23.9. The quantitative estimate of drug-likeness (QED) is 0.0531. The first kappa shape index (κ1) is 41.8. The van der Waals surface area contributed by atoms with Gasteiger partial charge in [-0.2, -0.15) is 0 Å². The molecule has 0 radical (unpaired) electrons. The Balaban J connectivity index is 1.87. The van der Waals surface area contributed by atoms with Crippen LogP contribution in [0.2, 0.25) is 0 Å². The first-order chi connectivity index (χ1) is 24.7. The topological polar surface area (TPSA) is 66.0 Å². The minimum absolute atomic E-state index is 0.168. The van der Waals surface area contributed by atoms with Crippen molar-refractivity contribution in [2.24, 2.45) is 0 Å². The van der Waals surface area contributed by atoms with Crippen LogP contribution in [0.25, 0.3) is 4.91 Å². The molecule has 7 heteroatoms. The van der Waals surface area contributed by atoms with Crippen LogP contribution in [0.4, 0.5) is 5.69 Å². The maximum Gasteiger partial charge on any atom is 0.310 e. The molecule has 0 heterocycles. The lowest BCUT2D eigenvalue weighted by atomic mass is 10.1. The van der Waals surface area contributed by atoms with E-state index in [1.165, 1.54) is 51.4 Å². The second kappa shape index (κ2) is 23.8. The number of carbonyl (C=O) groups is 1. The Morgan fingerprint density at radius 3 is 1.65 bits per heavy atom. The highest BCUT2D eigenvalue weighted by atomic mass is 32.2. The van der Waals surface area contributed by atoms with Crippen LogP contribution in [-0.4, -0.2) is 31.4 Å². The van der Waals surface area contributed by atoms with Gasteiger partial charge in [-0.15, -0.1) is 0 Å². The van der Waals surface area contributed by atoms with Crippen LogP contribution in [0.3, 0.4) is 0 Å². The molecule has 3 aromatic rings. The van der Waals surface area contributed by atoms with E-state index in [1.54, 1.807) is 11.8 Å². The number of thioether (sulfide) groups is 1. The van der Waals surface area contributed by atoms with Gasteiger partial charge in [0.2, 0.25) is 0 Å². The zero-order chi connectivity index (χ0) is 36.7. The number of ether oxygens (including phenoxy) is 4. The predicted molar refractivity (Wildman–Crippen MR) is 215 cm³/mol. The molecule has 51 heavy (non-hydrogen) atoms. The van der Waals surface area contributed by atoms with E-state index in [0.717, 1.165) is 82.8 Å². The van der Waals surface area contributed by atoms with Crippen molar-refractivity contribution in [3.05, 3.63) is 84.1 Å². The van der Waals surface area contributed by atoms with Gasteiger partial charge in [0.25, 0.3) is 0 Å². The molecule has 0 aliphatic rings. The summed E-state index contributed by atoms with van der Waals surface area (Å²) in [5, 5.41) is 3.51. The minimum atomic E-state index is -0.559. The molecule has 6 nitrogen and oxygen atoms in total. The summed E-state index contributed by atoms with van der Waals surface area (Å²) in [6.45, 7) is 14.5. The first-order valence-electron chi connectivity index (χ1n) is 19.3. The van der Waals surface area contributed by atoms with E-state index in [1.807, 2.05) is 75.5 Å². The van der Waals surface area contributed by atoms with Gasteiger partial charge in [-0.3, -0.25) is 4.79 Å². The first-order valence-corrected chi connectivity index (χ1v) is 20.1. The van der Waals surface area contributed by atoms with Gasteiger partial charge in [0.15, 0.2) is 0 Å². The lowest BCUT2D eigenvalue weighted by molar-refractivity contribution is -0.153. The Morgan fingerprint density at radius 2 is 1.14 bits per heavy atom. The number of anilines is 1. The van der Waals surface area contributed by atoms with E-state index in [9.17, 15) is 4.79 Å². The van der Waals surface area contributed by atoms with E-state index >= 15 is 0 Å². The molecule has 3 aromatic carbocycles. The number of esters is 1. The second-order valence-electron chi connectivity index (χ2n) is 14.1. The number of hydrogen-bond donors (Lipinski definition) is 1. The lowest BCUT2D eigenvalue weighted by Crippen LogP contribution is -2.25. The van der Waals surface area contributed by atoms with Crippen LogP contribution >= 0.6 is 11.8 Å². The third-order valence-electron chi connectivity index (χ3n) is 8.18. The van der Waals surface area contributed by atoms with Gasteiger partial charge in [-0.05, 0) is 99.7 Å². The molecular weight excluding hydrogens is 655 g/mol. The van der Waals surface area contributed by atoms with Gasteiger partial charge >= 0.3 is 5.97 Å². The number of unbranched alkanes of at least 4 members (excludes halogenated alkanes) is 9. The van der Waals surface area contributed by atoms with E-state index in [2.05, 4.69) is 44.3 Å². The van der Waals surface area contributed by atoms with E-state index < -0.39 is 5.60 Å². The normalized spacial score (nSPS) is 11.7. The van der Waals surface area contributed by atoms with Crippen LogP contribution in [0, 0.1) is 0 Å². The molecule has 0 aliphatic carbocycles. The molecule has 3 rings (SSSR count). The Kier molecular flexibility index (Phi) is 19.5. The van der Waals surface area contributed by atoms with Crippen LogP contribution in [0.1, 0.15) is 130 Å². The fourth-order valence-electron chi connectivity index (χ4n) is 5.36. The van der Waals surface area contributed by atoms with Crippen molar-refractivity contribution in [3.63, 3.8) is 0 Å². The van der Waals surface area contributed by atoms with E-state index in [0.29, 0.717) is 6.61 Å². The maximum atomic E-state index is 13.0. The Hall–Kier alpha value is -3.58. The highest BCUT2D eigenvalue weighted by molar-refractivity contribution is 8.08. The van der Waals surface area contributed by atoms with Gasteiger partial charge in [0.1, 0.15) is 22.8 Å². The number of nitrogens with one attached hydrogen (secondary N) is 1. The Morgan fingerprint density at radius 1 is 0.647 bits per heavy atom. The van der Waals surface area contributed by atoms with Gasteiger partial charge < -0.3 is 24.3 Å². The molecule has 0 amide bonds. The highest BCUT2D eigenvalue weighted by Crippen LogP contribution is 2.39. The molecule has 0 bridgehead atoms. The van der Waals surface area contributed by atoms with Crippen molar-refractivity contribution in [1.82, 2.24) is 0 Å². The van der Waals surface area contributed by atoms with Crippen molar-refractivity contribution in [2.75, 3.05) is 25.1 Å². The van der Waals surface area contributed by atoms with Gasteiger partial charge in [0, 0.05) is 21.7 Å². The smallest absolute Gasteiger partial charge is 0.310 e. The zero-order valence-electron chi connectivity index (χ0n) is 32.2. The second-order valence-corrected chi connectivity index (χ2v) is 15.1. The van der Waals surface area contributed by atoms with Gasteiger partial charge in [-0.1, -0.05) is 109 Å². The molecular formula is C44H63NO5S. The van der Waals surface area contributed by atoms with Crippen LogP contribution in [-0.2, 0) is 16.0 Å². The monoisotopic (exact) mass is 717 g/mol. The SMILES string of the molecule is CCCCCCOc1ccc(N/C=C(\Sc2cc(OCCCCCC)ccc2CC(=O)OC(C)(C)C)c2ccc(OCCCCCC)cc2)cc1. The number of rotatable bonds is 25.